The Kier molecular flexibility index (Phi) is 5.54. The van der Waals surface area contributed by atoms with Crippen molar-refractivity contribution in [1.29, 1.82) is 0 Å². The molecule has 0 saturated heterocycles. The van der Waals surface area contributed by atoms with Crippen molar-refractivity contribution >= 4 is 23.3 Å². The van der Waals surface area contributed by atoms with E-state index in [0.29, 0.717) is 11.5 Å². The quantitative estimate of drug-likeness (QED) is 0.668. The highest BCUT2D eigenvalue weighted by molar-refractivity contribution is 7.12. The van der Waals surface area contributed by atoms with Crippen molar-refractivity contribution in [2.75, 3.05) is 0 Å². The summed E-state index contributed by atoms with van der Waals surface area (Å²) >= 11 is 1.35. The molecule has 0 bridgehead atoms. The highest BCUT2D eigenvalue weighted by Gasteiger charge is 2.12. The van der Waals surface area contributed by atoms with Gasteiger partial charge in [-0.05, 0) is 33.5 Å². The molecule has 2 N–H and O–H groups in total. The van der Waals surface area contributed by atoms with Gasteiger partial charge in [0.15, 0.2) is 0 Å². The number of hydrogen-bond donors (Lipinski definition) is 2. The zero-order valence-electron chi connectivity index (χ0n) is 13.7. The molecule has 9 nitrogen and oxygen atoms in total. The first-order chi connectivity index (χ1) is 12.6. The second-order valence-electron chi connectivity index (χ2n) is 5.31. The first kappa shape index (κ1) is 17.5. The van der Waals surface area contributed by atoms with E-state index in [2.05, 4.69) is 21.1 Å². The van der Waals surface area contributed by atoms with Crippen molar-refractivity contribution < 1.29 is 9.59 Å². The van der Waals surface area contributed by atoms with E-state index in [0.717, 1.165) is 14.9 Å². The summed E-state index contributed by atoms with van der Waals surface area (Å²) < 4.78 is 2.25. The molecule has 0 spiro atoms. The fourth-order valence-electron chi connectivity index (χ4n) is 2.16. The average Bonchev–Trinajstić information content (AvgIpc) is 3.29. The van der Waals surface area contributed by atoms with Gasteiger partial charge in [-0.1, -0.05) is 30.3 Å². The zero-order chi connectivity index (χ0) is 18.4. The molecular formula is C16H16N6O3S. The van der Waals surface area contributed by atoms with Crippen molar-refractivity contribution in [2.45, 2.75) is 19.5 Å². The molecule has 3 amide bonds. The Labute approximate surface area is 152 Å². The van der Waals surface area contributed by atoms with Gasteiger partial charge in [0, 0.05) is 13.0 Å². The lowest BCUT2D eigenvalue weighted by Gasteiger charge is -2.06. The summed E-state index contributed by atoms with van der Waals surface area (Å²) in [5.41, 5.74) is 0.487. The molecule has 0 radical (unpaired) electrons. The van der Waals surface area contributed by atoms with Gasteiger partial charge >= 0.3 is 11.7 Å². The van der Waals surface area contributed by atoms with E-state index in [-0.39, 0.29) is 13.0 Å². The van der Waals surface area contributed by atoms with Crippen LogP contribution < -0.4 is 16.3 Å². The number of carbonyl (C=O) groups excluding carboxylic acids is 2. The largest absolute Gasteiger partial charge is 0.369 e. The summed E-state index contributed by atoms with van der Waals surface area (Å²) in [4.78, 5) is 35.7. The van der Waals surface area contributed by atoms with E-state index in [9.17, 15) is 14.4 Å². The Hall–Kier alpha value is -3.27. The number of carbonyl (C=O) groups is 2. The highest BCUT2D eigenvalue weighted by Crippen LogP contribution is 2.10. The number of nitrogens with zero attached hydrogens (tertiary/aromatic N) is 4. The minimum atomic E-state index is -0.589. The van der Waals surface area contributed by atoms with Gasteiger partial charge in [-0.2, -0.15) is 9.36 Å². The summed E-state index contributed by atoms with van der Waals surface area (Å²) in [7, 11) is 0. The maximum atomic E-state index is 12.2. The first-order valence-corrected chi connectivity index (χ1v) is 8.70. The topological polar surface area (TPSA) is 111 Å². The van der Waals surface area contributed by atoms with Crippen LogP contribution in [0, 0.1) is 0 Å². The van der Waals surface area contributed by atoms with Crippen molar-refractivity contribution in [3.05, 3.63) is 63.9 Å². The van der Waals surface area contributed by atoms with Crippen LogP contribution in [0.25, 0.3) is 5.00 Å². The molecule has 0 unspecified atom stereocenters. The van der Waals surface area contributed by atoms with E-state index in [1.54, 1.807) is 12.1 Å². The van der Waals surface area contributed by atoms with Crippen molar-refractivity contribution in [3.8, 4) is 5.00 Å². The summed E-state index contributed by atoms with van der Waals surface area (Å²) in [6.07, 6.45) is -0.0677. The number of tetrazole rings is 1. The van der Waals surface area contributed by atoms with Gasteiger partial charge in [0.25, 0.3) is 0 Å². The van der Waals surface area contributed by atoms with Gasteiger partial charge in [0.1, 0.15) is 5.00 Å². The minimum absolute atomic E-state index is 0.0298. The van der Waals surface area contributed by atoms with Crippen LogP contribution in [0.15, 0.2) is 52.6 Å². The number of rotatable bonds is 6. The van der Waals surface area contributed by atoms with Gasteiger partial charge < -0.3 is 5.32 Å². The SMILES string of the molecule is O=C(CCn1nnn(-c2cccs2)c1=O)NC(=O)NCc1ccccc1. The fourth-order valence-corrected chi connectivity index (χ4v) is 2.83. The lowest BCUT2D eigenvalue weighted by atomic mass is 10.2. The molecule has 2 heterocycles. The third kappa shape index (κ3) is 4.42. The number of nitrogens with one attached hydrogen (secondary N) is 2. The highest BCUT2D eigenvalue weighted by atomic mass is 32.1. The monoisotopic (exact) mass is 372 g/mol. The Balaban J connectivity index is 1.47. The van der Waals surface area contributed by atoms with Crippen LogP contribution in [-0.4, -0.2) is 31.7 Å². The molecule has 3 aromatic rings. The molecule has 0 aliphatic carbocycles. The molecule has 3 rings (SSSR count). The van der Waals surface area contributed by atoms with Gasteiger partial charge in [0.2, 0.25) is 5.91 Å². The van der Waals surface area contributed by atoms with Gasteiger partial charge in [-0.25, -0.2) is 9.59 Å². The fraction of sp³-hybridized carbons (Fsp3) is 0.188. The smallest absolute Gasteiger partial charge is 0.334 e. The van der Waals surface area contributed by atoms with Crippen molar-refractivity contribution in [3.63, 3.8) is 0 Å². The van der Waals surface area contributed by atoms with Crippen molar-refractivity contribution in [1.82, 2.24) is 30.4 Å². The van der Waals surface area contributed by atoms with Crippen LogP contribution >= 0.6 is 11.3 Å². The Morgan fingerprint density at radius 2 is 1.88 bits per heavy atom. The van der Waals surface area contributed by atoms with Crippen LogP contribution in [0.2, 0.25) is 0 Å². The van der Waals surface area contributed by atoms with Gasteiger partial charge in [-0.15, -0.1) is 11.3 Å². The zero-order valence-corrected chi connectivity index (χ0v) is 14.5. The predicted molar refractivity (Wildman–Crippen MR) is 94.9 cm³/mol. The van der Waals surface area contributed by atoms with Gasteiger partial charge in [-0.3, -0.25) is 10.1 Å². The molecule has 1 aromatic carbocycles. The standard InChI is InChI=1S/C16H16N6O3S/c23-13(18-15(24)17-11-12-5-2-1-3-6-12)8-9-21-16(25)22(20-19-21)14-7-4-10-26-14/h1-7,10H,8-9,11H2,(H2,17,18,23,24). The Morgan fingerprint density at radius 3 is 2.62 bits per heavy atom. The minimum Gasteiger partial charge on any atom is -0.334 e. The third-order valence-corrected chi connectivity index (χ3v) is 4.30. The van der Waals surface area contributed by atoms with E-state index < -0.39 is 17.6 Å². The molecule has 0 fully saturated rings. The van der Waals surface area contributed by atoms with E-state index in [4.69, 9.17) is 0 Å². The summed E-state index contributed by atoms with van der Waals surface area (Å²) in [6.45, 7) is 0.344. The van der Waals surface area contributed by atoms with E-state index in [1.807, 2.05) is 35.7 Å². The Morgan fingerprint density at radius 1 is 1.08 bits per heavy atom. The van der Waals surface area contributed by atoms with Crippen molar-refractivity contribution in [2.24, 2.45) is 0 Å². The number of aromatic nitrogens is 4. The molecule has 0 atom stereocenters. The van der Waals surface area contributed by atoms with E-state index in [1.165, 1.54) is 11.3 Å². The molecule has 134 valence electrons. The Bertz CT molecular complexity index is 933. The average molecular weight is 372 g/mol. The van der Waals surface area contributed by atoms with Crippen LogP contribution in [0.5, 0.6) is 0 Å². The van der Waals surface area contributed by atoms with Crippen LogP contribution in [0.1, 0.15) is 12.0 Å². The third-order valence-electron chi connectivity index (χ3n) is 3.45. The molecule has 0 saturated carbocycles. The number of hydrogen-bond acceptors (Lipinski definition) is 6. The lowest BCUT2D eigenvalue weighted by molar-refractivity contribution is -0.120. The molecular weight excluding hydrogens is 356 g/mol. The number of benzene rings is 1. The normalized spacial score (nSPS) is 10.5. The number of thiophene rings is 1. The van der Waals surface area contributed by atoms with Crippen LogP contribution in [0.3, 0.4) is 0 Å². The maximum Gasteiger partial charge on any atom is 0.369 e. The van der Waals surface area contributed by atoms with Crippen LogP contribution in [-0.2, 0) is 17.9 Å². The second-order valence-corrected chi connectivity index (χ2v) is 6.24. The number of amides is 3. The van der Waals surface area contributed by atoms with E-state index >= 15 is 0 Å². The maximum absolute atomic E-state index is 12.2. The first-order valence-electron chi connectivity index (χ1n) is 7.82. The van der Waals surface area contributed by atoms with Crippen LogP contribution in [0.4, 0.5) is 4.79 Å². The molecule has 0 aliphatic heterocycles. The predicted octanol–water partition coefficient (Wildman–Crippen LogP) is 0.907. The van der Waals surface area contributed by atoms with Gasteiger partial charge in [0.05, 0.1) is 6.54 Å². The summed E-state index contributed by atoms with van der Waals surface area (Å²) in [5.74, 6) is -0.506. The molecule has 10 heteroatoms. The number of aryl methyl sites for hydroxylation is 1. The molecule has 2 aromatic heterocycles. The number of imide groups is 1. The summed E-state index contributed by atoms with van der Waals surface area (Å²) in [5, 5.41) is 14.8. The summed E-state index contributed by atoms with van der Waals surface area (Å²) in [6, 6.07) is 12.3. The lowest BCUT2D eigenvalue weighted by Crippen LogP contribution is -2.39. The molecule has 26 heavy (non-hydrogen) atoms. The number of urea groups is 1. The molecule has 0 aliphatic rings. The second kappa shape index (κ2) is 8.21.